The van der Waals surface area contributed by atoms with Crippen molar-refractivity contribution in [3.63, 3.8) is 0 Å². The molecule has 0 radical (unpaired) electrons. The minimum atomic E-state index is -1.98. The van der Waals surface area contributed by atoms with Crippen molar-refractivity contribution in [1.82, 2.24) is 10.6 Å². The summed E-state index contributed by atoms with van der Waals surface area (Å²) in [5, 5.41) is 23.0. The van der Waals surface area contributed by atoms with E-state index in [1.165, 1.54) is 0 Å². The number of carboxylic acids is 1. The van der Waals surface area contributed by atoms with Crippen molar-refractivity contribution in [3.8, 4) is 0 Å². The van der Waals surface area contributed by atoms with Gasteiger partial charge in [-0.2, -0.15) is 0 Å². The molecule has 0 aliphatic carbocycles. The van der Waals surface area contributed by atoms with Crippen molar-refractivity contribution in [2.75, 3.05) is 6.54 Å². The predicted molar refractivity (Wildman–Crippen MR) is 66.7 cm³/mol. The summed E-state index contributed by atoms with van der Waals surface area (Å²) in [7, 11) is 0. The fraction of sp³-hybridized carbons (Fsp3) is 0.500. The molecular weight excluding hydrogens is 252 g/mol. The van der Waals surface area contributed by atoms with Gasteiger partial charge < -0.3 is 25.3 Å². The highest BCUT2D eigenvalue weighted by Gasteiger charge is 2.30. The summed E-state index contributed by atoms with van der Waals surface area (Å²) in [6.07, 6.45) is 2.07. The number of aliphatic carboxylic acids is 1. The molecule has 2 amide bonds. The van der Waals surface area contributed by atoms with Crippen LogP contribution in [0.3, 0.4) is 0 Å². The first-order valence-electron chi connectivity index (χ1n) is 5.84. The first-order valence-corrected chi connectivity index (χ1v) is 5.84. The zero-order chi connectivity index (χ0) is 14.5. The molecule has 0 spiro atoms. The average Bonchev–Trinajstić information content (AvgIpc) is 2.78. The monoisotopic (exact) mass is 270 g/mol. The number of carbonyl (C=O) groups is 2. The second kappa shape index (κ2) is 6.24. The molecule has 2 atom stereocenters. The van der Waals surface area contributed by atoms with Gasteiger partial charge in [-0.15, -0.1) is 0 Å². The van der Waals surface area contributed by atoms with Gasteiger partial charge in [0, 0.05) is 12.5 Å². The molecule has 0 aromatic carbocycles. The third-order valence-electron chi connectivity index (χ3n) is 2.52. The Kier molecular flexibility index (Phi) is 4.94. The molecule has 1 heterocycles. The highest BCUT2D eigenvalue weighted by atomic mass is 16.4. The molecule has 0 bridgehead atoms. The Balaban J connectivity index is 2.33. The summed E-state index contributed by atoms with van der Waals surface area (Å²) in [5.41, 5.74) is -1.98. The van der Waals surface area contributed by atoms with Gasteiger partial charge in [0.25, 0.3) is 0 Å². The summed E-state index contributed by atoms with van der Waals surface area (Å²) in [4.78, 5) is 22.1. The summed E-state index contributed by atoms with van der Waals surface area (Å²) in [6, 6.07) is 2.83. The van der Waals surface area contributed by atoms with Crippen LogP contribution in [-0.4, -0.2) is 40.4 Å². The van der Waals surface area contributed by atoms with E-state index in [0.717, 1.165) is 12.7 Å². The van der Waals surface area contributed by atoms with Gasteiger partial charge in [-0.25, -0.2) is 9.59 Å². The van der Waals surface area contributed by atoms with E-state index in [-0.39, 0.29) is 12.6 Å². The van der Waals surface area contributed by atoms with Crippen molar-refractivity contribution < 1.29 is 24.2 Å². The van der Waals surface area contributed by atoms with Crippen molar-refractivity contribution in [1.29, 1.82) is 0 Å². The van der Waals surface area contributed by atoms with Gasteiger partial charge in [0.1, 0.15) is 5.76 Å². The molecule has 1 aromatic heterocycles. The molecule has 0 saturated carbocycles. The summed E-state index contributed by atoms with van der Waals surface area (Å²) >= 11 is 0. The Morgan fingerprint density at radius 1 is 1.53 bits per heavy atom. The van der Waals surface area contributed by atoms with E-state index >= 15 is 0 Å². The van der Waals surface area contributed by atoms with Crippen molar-refractivity contribution in [2.24, 2.45) is 0 Å². The number of carboxylic acid groups (broad SMARTS) is 1. The van der Waals surface area contributed by atoms with Crippen LogP contribution < -0.4 is 10.6 Å². The van der Waals surface area contributed by atoms with E-state index in [1.807, 2.05) is 0 Å². The number of hydrogen-bond acceptors (Lipinski definition) is 4. The molecular formula is C12H18N2O5. The molecule has 0 aliphatic heterocycles. The van der Waals surface area contributed by atoms with E-state index in [1.54, 1.807) is 25.3 Å². The van der Waals surface area contributed by atoms with Gasteiger partial charge in [-0.3, -0.25) is 0 Å². The average molecular weight is 270 g/mol. The fourth-order valence-corrected chi connectivity index (χ4v) is 1.38. The van der Waals surface area contributed by atoms with Gasteiger partial charge in [0.2, 0.25) is 0 Å². The molecule has 19 heavy (non-hydrogen) atoms. The third-order valence-corrected chi connectivity index (χ3v) is 2.52. The van der Waals surface area contributed by atoms with Crippen LogP contribution in [-0.2, 0) is 11.2 Å². The maximum Gasteiger partial charge on any atom is 0.337 e. The van der Waals surface area contributed by atoms with Gasteiger partial charge in [0.05, 0.1) is 12.8 Å². The predicted octanol–water partition coefficient (Wildman–Crippen LogP) is 0.345. The Morgan fingerprint density at radius 3 is 2.74 bits per heavy atom. The minimum absolute atomic E-state index is 0.180. The number of furan rings is 1. The summed E-state index contributed by atoms with van der Waals surface area (Å²) in [6.45, 7) is 2.53. The molecule has 0 fully saturated rings. The van der Waals surface area contributed by atoms with Crippen LogP contribution in [0.2, 0.25) is 0 Å². The normalized spacial score (nSPS) is 15.3. The zero-order valence-electron chi connectivity index (χ0n) is 10.8. The van der Waals surface area contributed by atoms with Crippen molar-refractivity contribution in [3.05, 3.63) is 24.2 Å². The lowest BCUT2D eigenvalue weighted by Gasteiger charge is -2.19. The number of nitrogens with one attached hydrogen (secondary N) is 2. The lowest BCUT2D eigenvalue weighted by Crippen LogP contribution is -2.50. The maximum atomic E-state index is 11.5. The van der Waals surface area contributed by atoms with Crippen LogP contribution in [0.1, 0.15) is 19.6 Å². The minimum Gasteiger partial charge on any atom is -0.479 e. The van der Waals surface area contributed by atoms with Crippen molar-refractivity contribution in [2.45, 2.75) is 31.9 Å². The number of hydrogen-bond donors (Lipinski definition) is 4. The number of carbonyl (C=O) groups excluding carboxylic acids is 1. The topological polar surface area (TPSA) is 112 Å². The first kappa shape index (κ1) is 15.0. The van der Waals surface area contributed by atoms with Gasteiger partial charge in [-0.1, -0.05) is 0 Å². The van der Waals surface area contributed by atoms with Gasteiger partial charge in [0.15, 0.2) is 5.60 Å². The Morgan fingerprint density at radius 2 is 2.21 bits per heavy atom. The number of amides is 2. The molecule has 4 N–H and O–H groups in total. The molecule has 0 aliphatic rings. The molecule has 7 heteroatoms. The molecule has 2 unspecified atom stereocenters. The lowest BCUT2D eigenvalue weighted by molar-refractivity contribution is -0.155. The zero-order valence-corrected chi connectivity index (χ0v) is 10.8. The highest BCUT2D eigenvalue weighted by molar-refractivity contribution is 5.79. The van der Waals surface area contributed by atoms with Crippen LogP contribution in [0.5, 0.6) is 0 Å². The van der Waals surface area contributed by atoms with Crippen LogP contribution in [0.4, 0.5) is 4.79 Å². The molecule has 106 valence electrons. The Labute approximate surface area is 110 Å². The number of aliphatic hydroxyl groups is 1. The lowest BCUT2D eigenvalue weighted by atomic mass is 10.1. The van der Waals surface area contributed by atoms with Gasteiger partial charge in [-0.05, 0) is 26.0 Å². The molecule has 7 nitrogen and oxygen atoms in total. The van der Waals surface area contributed by atoms with Crippen LogP contribution >= 0.6 is 0 Å². The quantitative estimate of drug-likeness (QED) is 0.595. The smallest absolute Gasteiger partial charge is 0.337 e. The van der Waals surface area contributed by atoms with E-state index in [2.05, 4.69) is 10.6 Å². The van der Waals surface area contributed by atoms with Crippen molar-refractivity contribution >= 4 is 12.0 Å². The van der Waals surface area contributed by atoms with E-state index in [0.29, 0.717) is 6.42 Å². The van der Waals surface area contributed by atoms with E-state index in [9.17, 15) is 14.7 Å². The first-order chi connectivity index (χ1) is 8.81. The number of urea groups is 1. The Bertz CT molecular complexity index is 427. The molecule has 0 saturated heterocycles. The fourth-order valence-electron chi connectivity index (χ4n) is 1.38. The van der Waals surface area contributed by atoms with Crippen LogP contribution in [0.25, 0.3) is 0 Å². The third kappa shape index (κ3) is 5.01. The number of rotatable bonds is 6. The SMILES string of the molecule is CC(Cc1ccco1)NC(=O)NCC(C)(O)C(=O)O. The summed E-state index contributed by atoms with van der Waals surface area (Å²) in [5.74, 6) is -0.651. The maximum absolute atomic E-state index is 11.5. The second-order valence-electron chi connectivity index (χ2n) is 4.59. The molecule has 1 aromatic rings. The highest BCUT2D eigenvalue weighted by Crippen LogP contribution is 2.04. The Hall–Kier alpha value is -2.02. The standard InChI is InChI=1S/C12H18N2O5/c1-8(6-9-4-3-5-19-9)14-11(17)13-7-12(2,18)10(15)16/h3-5,8,18H,6-7H2,1-2H3,(H,15,16)(H2,13,14,17). The molecule has 1 rings (SSSR count). The van der Waals surface area contributed by atoms with E-state index in [4.69, 9.17) is 9.52 Å². The van der Waals surface area contributed by atoms with Crippen LogP contribution in [0, 0.1) is 0 Å². The largest absolute Gasteiger partial charge is 0.479 e. The summed E-state index contributed by atoms with van der Waals surface area (Å²) < 4.78 is 5.14. The van der Waals surface area contributed by atoms with E-state index < -0.39 is 17.6 Å². The second-order valence-corrected chi connectivity index (χ2v) is 4.59. The van der Waals surface area contributed by atoms with Crippen LogP contribution in [0.15, 0.2) is 22.8 Å². The van der Waals surface area contributed by atoms with Gasteiger partial charge >= 0.3 is 12.0 Å².